The van der Waals surface area contributed by atoms with Crippen LogP contribution in [0, 0.1) is 0 Å². The van der Waals surface area contributed by atoms with E-state index in [1.54, 1.807) is 0 Å². The second-order valence-electron chi connectivity index (χ2n) is 24.3. The highest BCUT2D eigenvalue weighted by Gasteiger charge is 2.35. The van der Waals surface area contributed by atoms with Crippen LogP contribution in [0.1, 0.15) is 43.4 Å². The Morgan fingerprint density at radius 3 is 1.23 bits per heavy atom. The average Bonchev–Trinajstić information content (AvgIpc) is 1.78. The second kappa shape index (κ2) is 20.2. The first kappa shape index (κ1) is 50.7. The molecule has 15 aromatic carbocycles. The van der Waals surface area contributed by atoms with Gasteiger partial charge in [0.05, 0.1) is 0 Å². The fourth-order valence-corrected chi connectivity index (χ4v) is 14.7. The van der Waals surface area contributed by atoms with E-state index in [0.717, 1.165) is 47.0 Å². The molecule has 0 amide bonds. The first-order chi connectivity index (χ1) is 42.9. The van der Waals surface area contributed by atoms with Crippen LogP contribution < -0.4 is 20.2 Å². The van der Waals surface area contributed by atoms with Crippen molar-refractivity contribution < 1.29 is 0 Å². The van der Waals surface area contributed by atoms with Gasteiger partial charge in [0.15, 0.2) is 0 Å². The van der Waals surface area contributed by atoms with Gasteiger partial charge < -0.3 is 9.80 Å². The van der Waals surface area contributed by atoms with Gasteiger partial charge in [0.25, 0.3) is 0 Å². The van der Waals surface area contributed by atoms with Gasteiger partial charge in [-0.15, -0.1) is 0 Å². The lowest BCUT2D eigenvalue weighted by Crippen LogP contribution is -2.29. The van der Waals surface area contributed by atoms with E-state index in [2.05, 4.69) is 327 Å². The predicted octanol–water partition coefficient (Wildman–Crippen LogP) is 22.0. The Morgan fingerprint density at radius 2 is 0.690 bits per heavy atom. The molecule has 2 nitrogen and oxygen atoms in total. The minimum Gasteiger partial charge on any atom is -0.310 e. The summed E-state index contributed by atoms with van der Waals surface area (Å²) in [7, 11) is 0. The van der Waals surface area contributed by atoms with E-state index in [1.807, 2.05) is 0 Å². The van der Waals surface area contributed by atoms with E-state index in [4.69, 9.17) is 0 Å². The van der Waals surface area contributed by atoms with Crippen LogP contribution in [0.4, 0.5) is 34.1 Å². The molecule has 0 aromatic heterocycles. The van der Waals surface area contributed by atoms with Crippen LogP contribution in [0.3, 0.4) is 0 Å². The molecule has 87 heavy (non-hydrogen) atoms. The zero-order valence-corrected chi connectivity index (χ0v) is 48.7. The van der Waals surface area contributed by atoms with Crippen molar-refractivity contribution in [1.29, 1.82) is 0 Å². The van der Waals surface area contributed by atoms with Crippen molar-refractivity contribution in [3.05, 3.63) is 324 Å². The van der Waals surface area contributed by atoms with E-state index >= 15 is 0 Å². The van der Waals surface area contributed by atoms with E-state index in [1.165, 1.54) is 131 Å². The Morgan fingerprint density at radius 1 is 0.287 bits per heavy atom. The van der Waals surface area contributed by atoms with Gasteiger partial charge in [0.2, 0.25) is 0 Å². The quantitative estimate of drug-likeness (QED) is 0.133. The maximum atomic E-state index is 2.51. The molecule has 0 heterocycles. The molecule has 410 valence electrons. The molecule has 15 aromatic rings. The van der Waals surface area contributed by atoms with Crippen LogP contribution in [0.5, 0.6) is 0 Å². The summed E-state index contributed by atoms with van der Waals surface area (Å²) in [4.78, 5) is 4.94. The Labute approximate surface area is 507 Å². The predicted molar refractivity (Wildman–Crippen MR) is 371 cm³/mol. The van der Waals surface area contributed by atoms with Crippen molar-refractivity contribution in [3.63, 3.8) is 0 Å². The van der Waals surface area contributed by atoms with Crippen LogP contribution in [0.2, 0.25) is 0 Å². The summed E-state index contributed by atoms with van der Waals surface area (Å²) in [6.45, 7) is 4.74. The van der Waals surface area contributed by atoms with Gasteiger partial charge in [-0.25, -0.2) is 0 Å². The van der Waals surface area contributed by atoms with Crippen molar-refractivity contribution >= 4 is 110 Å². The molecule has 0 bridgehead atoms. The van der Waals surface area contributed by atoms with Crippen LogP contribution in [-0.4, -0.2) is 0 Å². The summed E-state index contributed by atoms with van der Waals surface area (Å²) in [5.41, 5.74) is 19.4. The fraction of sp³-hybridized carbons (Fsp3) is 0.0588. The summed E-state index contributed by atoms with van der Waals surface area (Å²) < 4.78 is 0. The molecule has 0 aliphatic heterocycles. The lowest BCUT2D eigenvalue weighted by Gasteiger charge is -2.29. The minimum absolute atomic E-state index is 0.0985. The number of rotatable bonds is 9. The SMILES string of the molecule is CC1(C)c2ccccc2-c2ccc(-c3ccc(-c4c5ccc(N(c6ccc7ccccc7c6)c6ccc7ccccc7c6)cc5c(C5=c6ccccc6=CCC5)c5ccc(N(c6ccc7ccccc7c6)c6ccc7ccccc7c6)cc45)cc3)cc21. The third-order valence-electron chi connectivity index (χ3n) is 19.0. The molecule has 0 N–H and O–H groups in total. The molecule has 0 atom stereocenters. The smallest absolute Gasteiger partial charge is 0.0468 e. The highest BCUT2D eigenvalue weighted by atomic mass is 15.1. The maximum Gasteiger partial charge on any atom is 0.0468 e. The van der Waals surface area contributed by atoms with Crippen molar-refractivity contribution in [3.8, 4) is 33.4 Å². The minimum atomic E-state index is -0.0985. The molecule has 0 unspecified atom stereocenters. The third kappa shape index (κ3) is 8.46. The molecule has 2 aliphatic rings. The van der Waals surface area contributed by atoms with Crippen LogP contribution in [0.25, 0.3) is 110 Å². The van der Waals surface area contributed by atoms with Crippen molar-refractivity contribution in [2.24, 2.45) is 0 Å². The summed E-state index contributed by atoms with van der Waals surface area (Å²) in [6, 6.07) is 112. The first-order valence-electron chi connectivity index (χ1n) is 30.6. The topological polar surface area (TPSA) is 6.48 Å². The molecule has 2 aliphatic carbocycles. The van der Waals surface area contributed by atoms with Crippen LogP contribution in [0.15, 0.2) is 297 Å². The standard InChI is InChI=1S/C85H60N2/c1-85(2)81-29-14-13-27-74(81)75-45-38-66(52-82(75)85)59-30-32-61(33-31-59)83-77-46-43-72(87(69-41-36-57-18-5-9-23-64(57)50-69)70-42-37-58-19-6-10-24-65(58)51-70)54-80(77)84(76-28-15-25-60-20-11-12-26-73(60)76)78-47-44-71(53-79(78)83)86(67-39-34-55-16-3-7-21-62(55)48-67)68-40-35-56-17-4-8-22-63(56)49-68/h3-14,16-27,29-54H,15,28H2,1-2H3. The Kier molecular flexibility index (Phi) is 11.8. The van der Waals surface area contributed by atoms with Gasteiger partial charge in [0, 0.05) is 39.5 Å². The zero-order valence-electron chi connectivity index (χ0n) is 48.7. The summed E-state index contributed by atoms with van der Waals surface area (Å²) >= 11 is 0. The molecule has 0 spiro atoms. The zero-order chi connectivity index (χ0) is 57.7. The summed E-state index contributed by atoms with van der Waals surface area (Å²) in [6.07, 6.45) is 4.30. The normalized spacial score (nSPS) is 13.2. The first-order valence-corrected chi connectivity index (χ1v) is 30.6. The molecule has 17 rings (SSSR count). The van der Waals surface area contributed by atoms with E-state index < -0.39 is 0 Å². The molecule has 2 heteroatoms. The fourth-order valence-electron chi connectivity index (χ4n) is 14.7. The molecule has 0 saturated carbocycles. The Hall–Kier alpha value is -10.8. The number of hydrogen-bond donors (Lipinski definition) is 0. The van der Waals surface area contributed by atoms with Gasteiger partial charge in [-0.05, 0) is 222 Å². The summed E-state index contributed by atoms with van der Waals surface area (Å²) in [5.74, 6) is 0. The summed E-state index contributed by atoms with van der Waals surface area (Å²) in [5, 5.41) is 17.2. The second-order valence-corrected chi connectivity index (χ2v) is 24.3. The highest BCUT2D eigenvalue weighted by Crippen LogP contribution is 2.51. The third-order valence-corrected chi connectivity index (χ3v) is 19.0. The van der Waals surface area contributed by atoms with Gasteiger partial charge in [0.1, 0.15) is 0 Å². The van der Waals surface area contributed by atoms with E-state index in [0.29, 0.717) is 0 Å². The molecular weight excluding hydrogens is 1050 g/mol. The molecule has 0 fully saturated rings. The Bertz CT molecular complexity index is 5300. The Balaban J connectivity index is 0.946. The van der Waals surface area contributed by atoms with Gasteiger partial charge >= 0.3 is 0 Å². The van der Waals surface area contributed by atoms with Gasteiger partial charge in [-0.1, -0.05) is 238 Å². The monoisotopic (exact) mass is 1110 g/mol. The van der Waals surface area contributed by atoms with Crippen molar-refractivity contribution in [1.82, 2.24) is 0 Å². The number of nitrogens with zero attached hydrogens (tertiary/aromatic N) is 2. The van der Waals surface area contributed by atoms with Crippen molar-refractivity contribution in [2.75, 3.05) is 9.80 Å². The molecule has 0 radical (unpaired) electrons. The molecular formula is C85H60N2. The lowest BCUT2D eigenvalue weighted by molar-refractivity contribution is 0.660. The van der Waals surface area contributed by atoms with E-state index in [-0.39, 0.29) is 5.41 Å². The van der Waals surface area contributed by atoms with Crippen LogP contribution >= 0.6 is 0 Å². The van der Waals surface area contributed by atoms with Crippen molar-refractivity contribution in [2.45, 2.75) is 32.1 Å². The van der Waals surface area contributed by atoms with E-state index in [9.17, 15) is 0 Å². The number of benzene rings is 15. The average molecular weight is 1110 g/mol. The molecule has 0 saturated heterocycles. The highest BCUT2D eigenvalue weighted by molar-refractivity contribution is 6.20. The number of fused-ring (bicyclic) bond motifs is 10. The number of anilines is 6. The maximum absolute atomic E-state index is 2.51. The lowest BCUT2D eigenvalue weighted by atomic mass is 9.81. The number of hydrogen-bond acceptors (Lipinski definition) is 2. The van der Waals surface area contributed by atoms with Crippen LogP contribution in [-0.2, 0) is 5.41 Å². The largest absolute Gasteiger partial charge is 0.310 e. The van der Waals surface area contributed by atoms with Gasteiger partial charge in [-0.2, -0.15) is 0 Å². The van der Waals surface area contributed by atoms with Gasteiger partial charge in [-0.3, -0.25) is 0 Å².